The van der Waals surface area contributed by atoms with Crippen molar-refractivity contribution in [2.24, 2.45) is 5.14 Å². The Kier molecular flexibility index (Phi) is 9.48. The van der Waals surface area contributed by atoms with Gasteiger partial charge < -0.3 is 19.6 Å². The zero-order valence-electron chi connectivity index (χ0n) is 21.5. The summed E-state index contributed by atoms with van der Waals surface area (Å²) in [6.45, 7) is 0. The van der Waals surface area contributed by atoms with E-state index in [1.807, 2.05) is 66.0 Å². The number of nitrogens with one attached hydrogen (secondary N) is 2. The van der Waals surface area contributed by atoms with Crippen molar-refractivity contribution in [3.05, 3.63) is 107 Å². The molecular weight excluding hydrogens is 552 g/mol. The zero-order valence-corrected chi connectivity index (χ0v) is 23.2. The molecule has 2 atom stereocenters. The van der Waals surface area contributed by atoms with Crippen molar-refractivity contribution in [2.75, 3.05) is 7.11 Å². The van der Waals surface area contributed by atoms with E-state index >= 15 is 0 Å². The maximum atomic E-state index is 13.6. The minimum absolute atomic E-state index is 0.0667. The molecule has 1 aromatic heterocycles. The van der Waals surface area contributed by atoms with E-state index < -0.39 is 34.4 Å². The number of hydrogen-bond acceptors (Lipinski definition) is 8. The molecule has 0 aliphatic carbocycles. The molecule has 0 aliphatic rings. The van der Waals surface area contributed by atoms with Gasteiger partial charge in [0, 0.05) is 17.4 Å². The normalized spacial score (nSPS) is 12.7. The molecule has 3 aromatic carbocycles. The fourth-order valence-corrected chi connectivity index (χ4v) is 5.23. The van der Waals surface area contributed by atoms with Crippen LogP contribution >= 0.6 is 11.3 Å². The molecule has 0 radical (unpaired) electrons. The van der Waals surface area contributed by atoms with Crippen LogP contribution in [0.3, 0.4) is 0 Å². The first-order valence-corrected chi connectivity index (χ1v) is 14.6. The lowest BCUT2D eigenvalue weighted by molar-refractivity contribution is -0.123. The maximum absolute atomic E-state index is 13.6. The number of nitrogens with two attached hydrogens (primary N) is 1. The highest BCUT2D eigenvalue weighted by molar-refractivity contribution is 7.84. The van der Waals surface area contributed by atoms with Gasteiger partial charge in [-0.1, -0.05) is 72.8 Å². The third-order valence-corrected chi connectivity index (χ3v) is 7.20. The molecule has 2 amide bonds. The van der Waals surface area contributed by atoms with Gasteiger partial charge in [-0.15, -0.1) is 11.3 Å². The minimum Gasteiger partial charge on any atom is -0.453 e. The first-order valence-electron chi connectivity index (χ1n) is 12.2. The third-order valence-electron chi connectivity index (χ3n) is 5.87. The second-order valence-corrected chi connectivity index (χ2v) is 10.8. The average molecular weight is 581 g/mol. The lowest BCUT2D eigenvalue weighted by Gasteiger charge is -2.23. The second kappa shape index (κ2) is 13.2. The zero-order chi connectivity index (χ0) is 28.5. The fraction of sp³-hybridized carbons (Fsp3) is 0.179. The van der Waals surface area contributed by atoms with E-state index in [1.54, 1.807) is 12.1 Å². The van der Waals surface area contributed by atoms with Crippen LogP contribution in [0.2, 0.25) is 0 Å². The van der Waals surface area contributed by atoms with Crippen molar-refractivity contribution in [3.8, 4) is 16.3 Å². The lowest BCUT2D eigenvalue weighted by atomic mass is 10.0. The molecule has 0 aliphatic heterocycles. The molecule has 2 unspecified atom stereocenters. The first kappa shape index (κ1) is 28.7. The SMILES string of the molecule is COC(=O)NC(Cc1ccccc1)C(=O)NC(Cc1ccc(OS(N)(=O)=O)cc1)c1csc(-c2ccccc2)n1. The summed E-state index contributed by atoms with van der Waals surface area (Å²) in [6, 6.07) is 23.8. The Balaban J connectivity index is 1.60. The van der Waals surface area contributed by atoms with Gasteiger partial charge in [0.15, 0.2) is 0 Å². The van der Waals surface area contributed by atoms with Crippen LogP contribution < -0.4 is 20.0 Å². The number of rotatable bonds is 11. The predicted octanol–water partition coefficient (Wildman–Crippen LogP) is 3.76. The van der Waals surface area contributed by atoms with Gasteiger partial charge in [-0.3, -0.25) is 4.79 Å². The molecule has 40 heavy (non-hydrogen) atoms. The Morgan fingerprint density at radius 2 is 1.52 bits per heavy atom. The van der Waals surface area contributed by atoms with Crippen LogP contribution in [0.4, 0.5) is 4.79 Å². The van der Waals surface area contributed by atoms with Crippen LogP contribution in [0, 0.1) is 0 Å². The topological polar surface area (TPSA) is 150 Å². The third kappa shape index (κ3) is 8.37. The van der Waals surface area contributed by atoms with Gasteiger partial charge >= 0.3 is 16.4 Å². The molecule has 4 N–H and O–H groups in total. The fourth-order valence-electron chi connectivity index (χ4n) is 3.97. The number of ether oxygens (including phenoxy) is 1. The molecule has 0 spiro atoms. The van der Waals surface area contributed by atoms with Crippen molar-refractivity contribution >= 4 is 33.6 Å². The monoisotopic (exact) mass is 580 g/mol. The number of hydrogen-bond donors (Lipinski definition) is 3. The summed E-state index contributed by atoms with van der Waals surface area (Å²) in [5.41, 5.74) is 3.23. The largest absolute Gasteiger partial charge is 0.453 e. The van der Waals surface area contributed by atoms with E-state index in [1.165, 1.54) is 30.6 Å². The molecule has 0 saturated carbocycles. The number of carbonyl (C=O) groups excluding carboxylic acids is 2. The van der Waals surface area contributed by atoms with Crippen molar-refractivity contribution in [3.63, 3.8) is 0 Å². The summed E-state index contributed by atoms with van der Waals surface area (Å²) in [5.74, 6) is -0.347. The van der Waals surface area contributed by atoms with Crippen LogP contribution in [0.25, 0.3) is 10.6 Å². The molecule has 208 valence electrons. The number of benzene rings is 3. The van der Waals surface area contributed by atoms with Crippen molar-refractivity contribution in [1.29, 1.82) is 0 Å². The Labute approximate surface area is 236 Å². The molecule has 0 bridgehead atoms. The number of alkyl carbamates (subject to hydrolysis) is 1. The molecule has 0 saturated heterocycles. The number of methoxy groups -OCH3 is 1. The molecule has 10 nitrogen and oxygen atoms in total. The second-order valence-electron chi connectivity index (χ2n) is 8.81. The van der Waals surface area contributed by atoms with Gasteiger partial charge in [0.1, 0.15) is 16.8 Å². The molecular formula is C28H28N4O6S2. The Bertz CT molecular complexity index is 1530. The van der Waals surface area contributed by atoms with Crippen molar-refractivity contribution in [1.82, 2.24) is 15.6 Å². The number of thiazole rings is 1. The van der Waals surface area contributed by atoms with Gasteiger partial charge in [0.25, 0.3) is 0 Å². The highest BCUT2D eigenvalue weighted by Gasteiger charge is 2.26. The number of aromatic nitrogens is 1. The van der Waals surface area contributed by atoms with Crippen molar-refractivity contribution in [2.45, 2.75) is 24.9 Å². The van der Waals surface area contributed by atoms with Gasteiger partial charge in [-0.25, -0.2) is 9.78 Å². The Morgan fingerprint density at radius 3 is 2.15 bits per heavy atom. The summed E-state index contributed by atoms with van der Waals surface area (Å²) in [5, 5.41) is 13.3. The smallest absolute Gasteiger partial charge is 0.407 e. The van der Waals surface area contributed by atoms with Gasteiger partial charge in [-0.05, 0) is 29.7 Å². The lowest BCUT2D eigenvalue weighted by Crippen LogP contribution is -2.49. The number of nitrogens with zero attached hydrogens (tertiary/aromatic N) is 1. The number of carbonyl (C=O) groups is 2. The predicted molar refractivity (Wildman–Crippen MR) is 152 cm³/mol. The average Bonchev–Trinajstić information content (AvgIpc) is 3.44. The first-order chi connectivity index (χ1) is 19.2. The maximum Gasteiger partial charge on any atom is 0.407 e. The summed E-state index contributed by atoms with van der Waals surface area (Å²) >= 11 is 1.45. The van der Waals surface area contributed by atoms with Gasteiger partial charge in [0.05, 0.1) is 18.8 Å². The van der Waals surface area contributed by atoms with E-state index in [2.05, 4.69) is 10.6 Å². The Morgan fingerprint density at radius 1 is 0.900 bits per heavy atom. The quantitative estimate of drug-likeness (QED) is 0.244. The van der Waals surface area contributed by atoms with E-state index in [9.17, 15) is 18.0 Å². The molecule has 12 heteroatoms. The van der Waals surface area contributed by atoms with E-state index in [-0.39, 0.29) is 12.2 Å². The van der Waals surface area contributed by atoms with Crippen LogP contribution in [-0.2, 0) is 32.7 Å². The van der Waals surface area contributed by atoms with E-state index in [0.717, 1.165) is 21.7 Å². The van der Waals surface area contributed by atoms with Crippen LogP contribution in [0.15, 0.2) is 90.3 Å². The van der Waals surface area contributed by atoms with E-state index in [4.69, 9.17) is 19.0 Å². The van der Waals surface area contributed by atoms with Gasteiger partial charge in [-0.2, -0.15) is 13.6 Å². The highest BCUT2D eigenvalue weighted by Crippen LogP contribution is 2.28. The van der Waals surface area contributed by atoms with Crippen LogP contribution in [-0.4, -0.2) is 38.6 Å². The van der Waals surface area contributed by atoms with Crippen LogP contribution in [0.5, 0.6) is 5.75 Å². The molecule has 4 aromatic rings. The summed E-state index contributed by atoms with van der Waals surface area (Å²) in [7, 11) is -2.92. The molecule has 1 heterocycles. The minimum atomic E-state index is -4.15. The molecule has 4 rings (SSSR count). The summed E-state index contributed by atoms with van der Waals surface area (Å²) in [6.07, 6.45) is -0.145. The number of amides is 2. The van der Waals surface area contributed by atoms with E-state index in [0.29, 0.717) is 12.1 Å². The molecule has 0 fully saturated rings. The van der Waals surface area contributed by atoms with Crippen molar-refractivity contribution < 1.29 is 26.9 Å². The standard InChI is InChI=1S/C28H28N4O6S2/c1-37-28(34)32-24(17-19-8-4-2-5-9-19)26(33)30-23(16-20-12-14-22(15-13-20)38-40(29,35)36)25-18-39-27(31-25)21-10-6-3-7-11-21/h2-15,18,23-24H,16-17H2,1H3,(H,30,33)(H,32,34)(H2,29,35,36). The highest BCUT2D eigenvalue weighted by atomic mass is 32.2. The summed E-state index contributed by atoms with van der Waals surface area (Å²) < 4.78 is 32.0. The van der Waals surface area contributed by atoms with Crippen LogP contribution in [0.1, 0.15) is 22.9 Å². The summed E-state index contributed by atoms with van der Waals surface area (Å²) in [4.78, 5) is 30.4. The van der Waals surface area contributed by atoms with Gasteiger partial charge in [0.2, 0.25) is 5.91 Å². The Hall–Kier alpha value is -4.26.